The Bertz CT molecular complexity index is 667. The molecule has 0 aliphatic carbocycles. The van der Waals surface area contributed by atoms with Crippen LogP contribution in [0.3, 0.4) is 0 Å². The van der Waals surface area contributed by atoms with Crippen LogP contribution >= 0.6 is 0 Å². The minimum Gasteiger partial charge on any atom is -0.298 e. The average Bonchev–Trinajstić information content (AvgIpc) is 3.12. The molecule has 26 heavy (non-hydrogen) atoms. The third-order valence-electron chi connectivity index (χ3n) is 5.30. The summed E-state index contributed by atoms with van der Waals surface area (Å²) in [6.45, 7) is 8.53. The van der Waals surface area contributed by atoms with Gasteiger partial charge in [0.2, 0.25) is 0 Å². The van der Waals surface area contributed by atoms with Crippen LogP contribution in [0, 0.1) is 5.92 Å². The van der Waals surface area contributed by atoms with Crippen LogP contribution in [0.1, 0.15) is 50.7 Å². The zero-order valence-corrected chi connectivity index (χ0v) is 17.0. The molecule has 0 bridgehead atoms. The van der Waals surface area contributed by atoms with Gasteiger partial charge >= 0.3 is 0 Å². The first kappa shape index (κ1) is 19.8. The summed E-state index contributed by atoms with van der Waals surface area (Å²) in [7, 11) is -3.32. The lowest BCUT2D eigenvalue weighted by Crippen LogP contribution is -2.51. The van der Waals surface area contributed by atoms with Crippen LogP contribution in [0.5, 0.6) is 0 Å². The summed E-state index contributed by atoms with van der Waals surface area (Å²) in [4.78, 5) is 2.37. The third kappa shape index (κ3) is 5.52. The molecular formula is C20H33N3O2S. The van der Waals surface area contributed by atoms with Gasteiger partial charge in [-0.05, 0) is 55.7 Å². The Hall–Kier alpha value is -0.950. The second-order valence-corrected chi connectivity index (χ2v) is 9.92. The van der Waals surface area contributed by atoms with Gasteiger partial charge < -0.3 is 0 Å². The Morgan fingerprint density at radius 2 is 1.69 bits per heavy atom. The first-order chi connectivity index (χ1) is 12.4. The molecule has 1 atom stereocenters. The summed E-state index contributed by atoms with van der Waals surface area (Å²) in [5, 5.41) is 0. The molecule has 1 aromatic rings. The van der Waals surface area contributed by atoms with Gasteiger partial charge in [-0.1, -0.05) is 38.1 Å². The summed E-state index contributed by atoms with van der Waals surface area (Å²) in [6, 6.07) is 8.92. The van der Waals surface area contributed by atoms with Gasteiger partial charge in [0.05, 0.1) is 0 Å². The molecular weight excluding hydrogens is 346 g/mol. The van der Waals surface area contributed by atoms with Crippen molar-refractivity contribution < 1.29 is 8.42 Å². The highest BCUT2D eigenvalue weighted by atomic mass is 32.2. The fourth-order valence-electron chi connectivity index (χ4n) is 4.02. The van der Waals surface area contributed by atoms with Gasteiger partial charge in [0, 0.05) is 32.2 Å². The van der Waals surface area contributed by atoms with Crippen LogP contribution in [-0.2, 0) is 23.2 Å². The number of hydrogen-bond donors (Lipinski definition) is 1. The van der Waals surface area contributed by atoms with Gasteiger partial charge in [0.1, 0.15) is 0 Å². The fourth-order valence-corrected chi connectivity index (χ4v) is 5.52. The van der Waals surface area contributed by atoms with Crippen molar-refractivity contribution in [3.8, 4) is 0 Å². The van der Waals surface area contributed by atoms with E-state index in [4.69, 9.17) is 0 Å². The van der Waals surface area contributed by atoms with Crippen LogP contribution in [0.25, 0.3) is 0 Å². The van der Waals surface area contributed by atoms with E-state index >= 15 is 0 Å². The summed E-state index contributed by atoms with van der Waals surface area (Å²) in [6.07, 6.45) is 5.04. The average molecular weight is 380 g/mol. The monoisotopic (exact) mass is 379 g/mol. The first-order valence-corrected chi connectivity index (χ1v) is 11.4. The van der Waals surface area contributed by atoms with E-state index in [0.29, 0.717) is 19.0 Å². The van der Waals surface area contributed by atoms with Gasteiger partial charge in [-0.25, -0.2) is 0 Å². The maximum Gasteiger partial charge on any atom is 0.279 e. The molecule has 0 saturated carbocycles. The van der Waals surface area contributed by atoms with E-state index in [2.05, 4.69) is 47.7 Å². The Morgan fingerprint density at radius 1 is 1.04 bits per heavy atom. The molecule has 5 nitrogen and oxygen atoms in total. The molecule has 2 aliphatic rings. The molecule has 1 N–H and O–H groups in total. The van der Waals surface area contributed by atoms with Crippen LogP contribution in [0.4, 0.5) is 0 Å². The van der Waals surface area contributed by atoms with Crippen LogP contribution in [0.2, 0.25) is 0 Å². The number of hydrogen-bond acceptors (Lipinski definition) is 3. The lowest BCUT2D eigenvalue weighted by Gasteiger charge is -2.33. The second-order valence-electron chi connectivity index (χ2n) is 8.22. The predicted molar refractivity (Wildman–Crippen MR) is 106 cm³/mol. The normalized spacial score (nSPS) is 23.0. The van der Waals surface area contributed by atoms with Gasteiger partial charge in [-0.2, -0.15) is 17.4 Å². The molecule has 1 aromatic carbocycles. The zero-order chi connectivity index (χ0) is 18.6. The molecule has 3 rings (SSSR count). The predicted octanol–water partition coefficient (Wildman–Crippen LogP) is 2.78. The highest BCUT2D eigenvalue weighted by Gasteiger charge is 2.29. The first-order valence-electron chi connectivity index (χ1n) is 10.00. The van der Waals surface area contributed by atoms with E-state index in [1.54, 1.807) is 4.31 Å². The third-order valence-corrected chi connectivity index (χ3v) is 6.98. The number of benzene rings is 1. The fraction of sp³-hybridized carbons (Fsp3) is 0.700. The number of rotatable bonds is 7. The number of piperidine rings is 1. The van der Waals surface area contributed by atoms with Crippen molar-refractivity contribution in [2.24, 2.45) is 5.92 Å². The minimum absolute atomic E-state index is 0.0227. The maximum absolute atomic E-state index is 12.5. The molecule has 146 valence electrons. The van der Waals surface area contributed by atoms with Gasteiger partial charge in [0.15, 0.2) is 0 Å². The van der Waals surface area contributed by atoms with E-state index in [1.165, 1.54) is 11.1 Å². The molecule has 0 spiro atoms. The molecule has 2 saturated heterocycles. The topological polar surface area (TPSA) is 52.7 Å². The highest BCUT2D eigenvalue weighted by Crippen LogP contribution is 2.18. The molecule has 0 radical (unpaired) electrons. The van der Waals surface area contributed by atoms with Crippen LogP contribution < -0.4 is 4.72 Å². The Balaban J connectivity index is 1.53. The van der Waals surface area contributed by atoms with Gasteiger partial charge in [-0.3, -0.25) is 4.90 Å². The van der Waals surface area contributed by atoms with E-state index in [-0.39, 0.29) is 6.04 Å². The molecule has 2 fully saturated rings. The molecule has 6 heteroatoms. The van der Waals surface area contributed by atoms with E-state index in [9.17, 15) is 8.42 Å². The van der Waals surface area contributed by atoms with Crippen LogP contribution in [0.15, 0.2) is 24.3 Å². The lowest BCUT2D eigenvalue weighted by molar-refractivity contribution is 0.193. The second kappa shape index (κ2) is 8.83. The highest BCUT2D eigenvalue weighted by molar-refractivity contribution is 7.87. The van der Waals surface area contributed by atoms with Gasteiger partial charge in [-0.15, -0.1) is 0 Å². The van der Waals surface area contributed by atoms with Crippen molar-refractivity contribution in [1.82, 2.24) is 13.9 Å². The number of nitrogens with zero attached hydrogens (tertiary/aromatic N) is 2. The Labute approximate surface area is 158 Å². The molecule has 2 aliphatic heterocycles. The lowest BCUT2D eigenvalue weighted by atomic mass is 10.0. The zero-order valence-electron chi connectivity index (χ0n) is 16.2. The van der Waals surface area contributed by atoms with Crippen molar-refractivity contribution in [1.29, 1.82) is 0 Å². The van der Waals surface area contributed by atoms with Crippen LogP contribution in [-0.4, -0.2) is 49.8 Å². The molecule has 2 heterocycles. The van der Waals surface area contributed by atoms with E-state index < -0.39 is 10.2 Å². The SMILES string of the molecule is CC(C)Cc1ccc(CN2CCCC(NS(=O)(=O)N3CCCC3)C2)cc1. The molecule has 0 aromatic heterocycles. The van der Waals surface area contributed by atoms with E-state index in [1.807, 2.05) is 0 Å². The summed E-state index contributed by atoms with van der Waals surface area (Å²) >= 11 is 0. The summed E-state index contributed by atoms with van der Waals surface area (Å²) in [5.41, 5.74) is 2.69. The molecule has 0 amide bonds. The largest absolute Gasteiger partial charge is 0.298 e. The Kier molecular flexibility index (Phi) is 6.72. The van der Waals surface area contributed by atoms with Crippen molar-refractivity contribution in [3.63, 3.8) is 0 Å². The minimum atomic E-state index is -3.32. The maximum atomic E-state index is 12.5. The summed E-state index contributed by atoms with van der Waals surface area (Å²) in [5.74, 6) is 0.673. The number of likely N-dealkylation sites (tertiary alicyclic amines) is 1. The number of nitrogens with one attached hydrogen (secondary N) is 1. The summed E-state index contributed by atoms with van der Waals surface area (Å²) < 4.78 is 29.5. The smallest absolute Gasteiger partial charge is 0.279 e. The standard InChI is InChI=1S/C20H33N3O2S/c1-17(2)14-18-7-9-19(10-8-18)15-22-11-5-6-20(16-22)21-26(24,25)23-12-3-4-13-23/h7-10,17,20-21H,3-6,11-16H2,1-2H3. The molecule has 1 unspecified atom stereocenters. The van der Waals surface area contributed by atoms with Crippen molar-refractivity contribution in [2.45, 2.75) is 58.5 Å². The quantitative estimate of drug-likeness (QED) is 0.793. The Morgan fingerprint density at radius 3 is 2.35 bits per heavy atom. The van der Waals surface area contributed by atoms with Crippen molar-refractivity contribution >= 4 is 10.2 Å². The van der Waals surface area contributed by atoms with Crippen molar-refractivity contribution in [3.05, 3.63) is 35.4 Å². The van der Waals surface area contributed by atoms with Gasteiger partial charge in [0.25, 0.3) is 10.2 Å². The van der Waals surface area contributed by atoms with E-state index in [0.717, 1.165) is 51.7 Å². The van der Waals surface area contributed by atoms with Crippen molar-refractivity contribution in [2.75, 3.05) is 26.2 Å².